The third-order valence-corrected chi connectivity index (χ3v) is 2.90. The Balaban J connectivity index is 2.35. The van der Waals surface area contributed by atoms with Gasteiger partial charge in [0.15, 0.2) is 0 Å². The summed E-state index contributed by atoms with van der Waals surface area (Å²) in [4.78, 5) is 17.5. The van der Waals surface area contributed by atoms with Gasteiger partial charge in [-0.15, -0.1) is 11.8 Å². The maximum atomic E-state index is 11.0. The number of nitrogens with two attached hydrogens (primary N) is 1. The van der Waals surface area contributed by atoms with E-state index in [-0.39, 0.29) is 5.69 Å². The average molecular weight is 209 g/mol. The summed E-state index contributed by atoms with van der Waals surface area (Å²) in [5, 5.41) is 0. The van der Waals surface area contributed by atoms with Crippen LogP contribution in [0.5, 0.6) is 0 Å². The van der Waals surface area contributed by atoms with Gasteiger partial charge in [0.05, 0.1) is 11.0 Å². The fraction of sp³-hybridized carbons (Fsp3) is 0.222. The Morgan fingerprint density at radius 3 is 2.86 bits per heavy atom. The molecule has 5 heteroatoms. The highest BCUT2D eigenvalue weighted by atomic mass is 32.2. The number of rotatable bonds is 3. The van der Waals surface area contributed by atoms with Crippen molar-refractivity contribution in [3.63, 3.8) is 0 Å². The predicted molar refractivity (Wildman–Crippen MR) is 58.7 cm³/mol. The monoisotopic (exact) mass is 209 g/mol. The molecule has 0 bridgehead atoms. The molecule has 0 atom stereocenters. The molecule has 0 saturated carbocycles. The lowest BCUT2D eigenvalue weighted by Crippen LogP contribution is -2.00. The molecular formula is C9H11N3OS. The van der Waals surface area contributed by atoms with Gasteiger partial charge in [-0.25, -0.2) is 4.79 Å². The molecule has 0 amide bonds. The van der Waals surface area contributed by atoms with Crippen molar-refractivity contribution < 1.29 is 0 Å². The lowest BCUT2D eigenvalue weighted by atomic mass is 10.3. The van der Waals surface area contributed by atoms with E-state index in [2.05, 4.69) is 9.97 Å². The van der Waals surface area contributed by atoms with Crippen LogP contribution in [0.1, 0.15) is 0 Å². The number of hydrogen-bond acceptors (Lipinski definition) is 3. The highest BCUT2D eigenvalue weighted by Gasteiger charge is 1.99. The smallest absolute Gasteiger partial charge is 0.323 e. The van der Waals surface area contributed by atoms with Crippen LogP contribution < -0.4 is 11.4 Å². The SMILES string of the molecule is NCCSc1ccc2[nH]c(=O)[nH]c2c1. The second kappa shape index (κ2) is 3.89. The Hall–Kier alpha value is -1.20. The zero-order valence-corrected chi connectivity index (χ0v) is 8.36. The maximum absolute atomic E-state index is 11.0. The van der Waals surface area contributed by atoms with Crippen molar-refractivity contribution in [2.24, 2.45) is 5.73 Å². The summed E-state index contributed by atoms with van der Waals surface area (Å²) >= 11 is 1.68. The number of imidazole rings is 1. The summed E-state index contributed by atoms with van der Waals surface area (Å²) in [7, 11) is 0. The highest BCUT2D eigenvalue weighted by Crippen LogP contribution is 2.20. The van der Waals surface area contributed by atoms with Gasteiger partial charge in [-0.2, -0.15) is 0 Å². The molecule has 1 aromatic heterocycles. The van der Waals surface area contributed by atoms with Crippen molar-refractivity contribution in [2.75, 3.05) is 12.3 Å². The third kappa shape index (κ3) is 1.83. The summed E-state index contributed by atoms with van der Waals surface area (Å²) in [6, 6.07) is 5.83. The van der Waals surface area contributed by atoms with Crippen molar-refractivity contribution >= 4 is 22.8 Å². The number of fused-ring (bicyclic) bond motifs is 1. The van der Waals surface area contributed by atoms with Crippen molar-refractivity contribution in [3.05, 3.63) is 28.7 Å². The molecular weight excluding hydrogens is 198 g/mol. The van der Waals surface area contributed by atoms with E-state index < -0.39 is 0 Å². The molecule has 1 aromatic carbocycles. The second-order valence-electron chi connectivity index (χ2n) is 2.92. The Labute approximate surface area is 84.9 Å². The number of nitrogens with one attached hydrogen (secondary N) is 2. The molecule has 1 heterocycles. The van der Waals surface area contributed by atoms with E-state index in [1.165, 1.54) is 0 Å². The molecule has 0 spiro atoms. The molecule has 0 aliphatic carbocycles. The van der Waals surface area contributed by atoms with Crippen LogP contribution in [0.2, 0.25) is 0 Å². The summed E-state index contributed by atoms with van der Waals surface area (Å²) in [6.45, 7) is 0.659. The largest absolute Gasteiger partial charge is 0.330 e. The lowest BCUT2D eigenvalue weighted by Gasteiger charge is -1.98. The van der Waals surface area contributed by atoms with Crippen LogP contribution in [0.25, 0.3) is 11.0 Å². The number of benzene rings is 1. The summed E-state index contributed by atoms with van der Waals surface area (Å²) in [6.07, 6.45) is 0. The minimum atomic E-state index is -0.166. The van der Waals surface area contributed by atoms with E-state index in [1.54, 1.807) is 11.8 Å². The standard InChI is InChI=1S/C9H11N3OS/c10-3-4-14-6-1-2-7-8(5-6)12-9(13)11-7/h1-2,5H,3-4,10H2,(H2,11,12,13). The van der Waals surface area contributed by atoms with Gasteiger partial charge < -0.3 is 15.7 Å². The van der Waals surface area contributed by atoms with Gasteiger partial charge in [0.25, 0.3) is 0 Å². The maximum Gasteiger partial charge on any atom is 0.323 e. The zero-order chi connectivity index (χ0) is 9.97. The van der Waals surface area contributed by atoms with Crippen molar-refractivity contribution in [3.8, 4) is 0 Å². The van der Waals surface area contributed by atoms with Crippen molar-refractivity contribution in [2.45, 2.75) is 4.90 Å². The number of aromatic amines is 2. The molecule has 74 valence electrons. The van der Waals surface area contributed by atoms with Gasteiger partial charge in [-0.3, -0.25) is 0 Å². The van der Waals surface area contributed by atoms with Crippen molar-refractivity contribution in [1.82, 2.24) is 9.97 Å². The number of H-pyrrole nitrogens is 2. The average Bonchev–Trinajstić information content (AvgIpc) is 2.54. The van der Waals surface area contributed by atoms with Gasteiger partial charge >= 0.3 is 5.69 Å². The Morgan fingerprint density at radius 1 is 1.29 bits per heavy atom. The van der Waals surface area contributed by atoms with E-state index in [1.807, 2.05) is 18.2 Å². The van der Waals surface area contributed by atoms with Gasteiger partial charge in [-0.05, 0) is 18.2 Å². The Bertz CT molecular complexity index is 488. The number of thioether (sulfide) groups is 1. The lowest BCUT2D eigenvalue weighted by molar-refractivity contribution is 1.15. The van der Waals surface area contributed by atoms with E-state index in [0.29, 0.717) is 6.54 Å². The first-order valence-electron chi connectivity index (χ1n) is 4.34. The van der Waals surface area contributed by atoms with Crippen LogP contribution in [0, 0.1) is 0 Å². The highest BCUT2D eigenvalue weighted by molar-refractivity contribution is 7.99. The van der Waals surface area contributed by atoms with Gasteiger partial charge in [0, 0.05) is 17.2 Å². The van der Waals surface area contributed by atoms with Crippen LogP contribution in [0.15, 0.2) is 27.9 Å². The third-order valence-electron chi connectivity index (χ3n) is 1.87. The van der Waals surface area contributed by atoms with Crippen LogP contribution in [-0.4, -0.2) is 22.3 Å². The minimum Gasteiger partial charge on any atom is -0.330 e. The fourth-order valence-electron chi connectivity index (χ4n) is 1.28. The normalized spacial score (nSPS) is 10.9. The van der Waals surface area contributed by atoms with Crippen LogP contribution >= 0.6 is 11.8 Å². The van der Waals surface area contributed by atoms with E-state index in [4.69, 9.17) is 5.73 Å². The number of hydrogen-bond donors (Lipinski definition) is 3. The molecule has 2 rings (SSSR count). The summed E-state index contributed by atoms with van der Waals surface area (Å²) in [5.41, 5.74) is 6.93. The molecule has 0 unspecified atom stereocenters. The molecule has 0 fully saturated rings. The first kappa shape index (κ1) is 9.36. The minimum absolute atomic E-state index is 0.166. The molecule has 0 aliphatic heterocycles. The van der Waals surface area contributed by atoms with Crippen LogP contribution in [0.3, 0.4) is 0 Å². The zero-order valence-electron chi connectivity index (χ0n) is 7.54. The first-order chi connectivity index (χ1) is 6.79. The number of aromatic nitrogens is 2. The second-order valence-corrected chi connectivity index (χ2v) is 4.09. The quantitative estimate of drug-likeness (QED) is 0.658. The molecule has 0 radical (unpaired) electrons. The van der Waals surface area contributed by atoms with E-state index in [9.17, 15) is 4.79 Å². The van der Waals surface area contributed by atoms with E-state index in [0.717, 1.165) is 21.7 Å². The molecule has 0 saturated heterocycles. The molecule has 4 N–H and O–H groups in total. The Kier molecular flexibility index (Phi) is 2.60. The van der Waals surface area contributed by atoms with Crippen LogP contribution in [0.4, 0.5) is 0 Å². The van der Waals surface area contributed by atoms with Crippen molar-refractivity contribution in [1.29, 1.82) is 0 Å². The first-order valence-corrected chi connectivity index (χ1v) is 5.33. The predicted octanol–water partition coefficient (Wildman–Crippen LogP) is 0.907. The molecule has 4 nitrogen and oxygen atoms in total. The summed E-state index contributed by atoms with van der Waals surface area (Å²) < 4.78 is 0. The van der Waals surface area contributed by atoms with Gasteiger partial charge in [0.1, 0.15) is 0 Å². The topological polar surface area (TPSA) is 74.7 Å². The van der Waals surface area contributed by atoms with Crippen LogP contribution in [-0.2, 0) is 0 Å². The Morgan fingerprint density at radius 2 is 2.07 bits per heavy atom. The molecule has 0 aliphatic rings. The molecule has 14 heavy (non-hydrogen) atoms. The van der Waals surface area contributed by atoms with Gasteiger partial charge in [0.2, 0.25) is 0 Å². The molecule has 2 aromatic rings. The van der Waals surface area contributed by atoms with E-state index >= 15 is 0 Å². The summed E-state index contributed by atoms with van der Waals surface area (Å²) in [5.74, 6) is 0.889. The fourth-order valence-corrected chi connectivity index (χ4v) is 2.00. The van der Waals surface area contributed by atoms with Gasteiger partial charge in [-0.1, -0.05) is 0 Å².